The first kappa shape index (κ1) is 14.2. The Morgan fingerprint density at radius 2 is 2.10 bits per heavy atom. The highest BCUT2D eigenvalue weighted by molar-refractivity contribution is 5.74. The number of hydrogen-bond donors (Lipinski definition) is 5. The van der Waals surface area contributed by atoms with Crippen molar-refractivity contribution in [3.8, 4) is 0 Å². The summed E-state index contributed by atoms with van der Waals surface area (Å²) in [5.74, 6) is 0. The molecule has 2 aromatic rings. The number of hydrogen-bond acceptors (Lipinski definition) is 7. The van der Waals surface area contributed by atoms with Crippen molar-refractivity contribution in [2.45, 2.75) is 31.1 Å². The van der Waals surface area contributed by atoms with Crippen molar-refractivity contribution < 1.29 is 25.2 Å². The molecule has 9 heteroatoms. The van der Waals surface area contributed by atoms with Crippen molar-refractivity contribution in [2.24, 2.45) is 0 Å². The quantitative estimate of drug-likeness (QED) is 0.434. The van der Waals surface area contributed by atoms with E-state index in [1.165, 1.54) is 17.0 Å². The van der Waals surface area contributed by atoms with Gasteiger partial charge in [-0.05, 0) is 6.07 Å². The Morgan fingerprint density at radius 3 is 2.71 bits per heavy atom. The molecule has 0 radical (unpaired) electrons. The normalized spacial score (nSPS) is 29.3. The minimum Gasteiger partial charge on any atom is -0.394 e. The molecule has 1 saturated heterocycles. The zero-order chi connectivity index (χ0) is 15.1. The lowest BCUT2D eigenvalue weighted by molar-refractivity contribution is -0.0508. The molecule has 2 aromatic heterocycles. The molecular formula is C12H15N3O6. The maximum absolute atomic E-state index is 11.8. The summed E-state index contributed by atoms with van der Waals surface area (Å²) >= 11 is 0. The largest absolute Gasteiger partial charge is 0.394 e. The molecular weight excluding hydrogens is 282 g/mol. The van der Waals surface area contributed by atoms with Crippen molar-refractivity contribution >= 4 is 11.0 Å². The van der Waals surface area contributed by atoms with Gasteiger partial charge in [0.05, 0.1) is 25.1 Å². The summed E-state index contributed by atoms with van der Waals surface area (Å²) in [6, 6.07) is 1.51. The van der Waals surface area contributed by atoms with Gasteiger partial charge in [0.1, 0.15) is 18.3 Å². The van der Waals surface area contributed by atoms with Gasteiger partial charge in [-0.1, -0.05) is 0 Å². The van der Waals surface area contributed by atoms with Crippen LogP contribution in [0.5, 0.6) is 0 Å². The van der Waals surface area contributed by atoms with Crippen LogP contribution in [0.4, 0.5) is 0 Å². The minimum absolute atomic E-state index is 0.130. The number of imidazole rings is 1. The summed E-state index contributed by atoms with van der Waals surface area (Å²) in [6.07, 6.45) is -3.09. The van der Waals surface area contributed by atoms with Crippen LogP contribution >= 0.6 is 0 Å². The van der Waals surface area contributed by atoms with E-state index in [0.29, 0.717) is 11.2 Å². The van der Waals surface area contributed by atoms with Crippen LogP contribution in [-0.2, 0) is 11.3 Å². The summed E-state index contributed by atoms with van der Waals surface area (Å²) in [7, 11) is 0. The average Bonchev–Trinajstić information content (AvgIpc) is 3.02. The summed E-state index contributed by atoms with van der Waals surface area (Å²) in [5, 5.41) is 38.0. The molecule has 21 heavy (non-hydrogen) atoms. The number of fused-ring (bicyclic) bond motifs is 1. The summed E-state index contributed by atoms with van der Waals surface area (Å²) in [5.41, 5.74) is 0.311. The van der Waals surface area contributed by atoms with Crippen LogP contribution in [-0.4, -0.2) is 59.9 Å². The first-order valence-electron chi connectivity index (χ1n) is 6.39. The summed E-state index contributed by atoms with van der Waals surface area (Å²) in [6.45, 7) is -0.795. The van der Waals surface area contributed by atoms with Gasteiger partial charge in [-0.3, -0.25) is 4.79 Å². The lowest BCUT2D eigenvalue weighted by Gasteiger charge is -2.17. The Balaban J connectivity index is 2.09. The Hall–Kier alpha value is -1.78. The molecule has 3 rings (SSSR count). The molecule has 1 fully saturated rings. The highest BCUT2D eigenvalue weighted by Crippen LogP contribution is 2.31. The van der Waals surface area contributed by atoms with E-state index in [1.807, 2.05) is 0 Å². The number of aliphatic hydroxyl groups is 4. The average molecular weight is 297 g/mol. The number of H-pyrrole nitrogens is 1. The Morgan fingerprint density at radius 1 is 1.33 bits per heavy atom. The molecule has 0 saturated carbocycles. The maximum atomic E-state index is 11.8. The topological polar surface area (TPSA) is 141 Å². The molecule has 1 aliphatic rings. The number of rotatable bonds is 3. The van der Waals surface area contributed by atoms with E-state index in [9.17, 15) is 15.0 Å². The zero-order valence-electron chi connectivity index (χ0n) is 10.9. The Labute approximate surface area is 118 Å². The number of aromatic amines is 1. The van der Waals surface area contributed by atoms with Gasteiger partial charge in [-0.2, -0.15) is 0 Å². The molecule has 0 aliphatic carbocycles. The van der Waals surface area contributed by atoms with Gasteiger partial charge >= 0.3 is 0 Å². The number of nitrogens with one attached hydrogen (secondary N) is 1. The van der Waals surface area contributed by atoms with Crippen LogP contribution in [0.2, 0.25) is 0 Å². The van der Waals surface area contributed by atoms with Gasteiger partial charge < -0.3 is 34.7 Å². The van der Waals surface area contributed by atoms with Crippen LogP contribution in [0.1, 0.15) is 11.9 Å². The molecule has 0 spiro atoms. The lowest BCUT2D eigenvalue weighted by atomic mass is 10.1. The first-order chi connectivity index (χ1) is 10.1. The van der Waals surface area contributed by atoms with Crippen molar-refractivity contribution in [1.29, 1.82) is 0 Å². The second-order valence-electron chi connectivity index (χ2n) is 4.90. The number of ether oxygens (including phenoxy) is 1. The SMILES string of the molecule is O=c1[nH]c(CO)cc2c1ncn2[C@@H]1O[C@H](CO)[C@@H](O)[C@H]1O. The van der Waals surface area contributed by atoms with E-state index in [4.69, 9.17) is 14.9 Å². The third-order valence-electron chi connectivity index (χ3n) is 3.59. The highest BCUT2D eigenvalue weighted by Gasteiger charge is 2.43. The van der Waals surface area contributed by atoms with Crippen molar-refractivity contribution in [3.63, 3.8) is 0 Å². The summed E-state index contributed by atoms with van der Waals surface area (Å²) < 4.78 is 6.80. The fraction of sp³-hybridized carbons (Fsp3) is 0.500. The zero-order valence-corrected chi connectivity index (χ0v) is 10.9. The van der Waals surface area contributed by atoms with E-state index in [1.54, 1.807) is 0 Å². The van der Waals surface area contributed by atoms with Crippen LogP contribution < -0.4 is 5.56 Å². The van der Waals surface area contributed by atoms with E-state index < -0.39 is 36.7 Å². The lowest BCUT2D eigenvalue weighted by Crippen LogP contribution is -2.33. The third-order valence-corrected chi connectivity index (χ3v) is 3.59. The van der Waals surface area contributed by atoms with Gasteiger partial charge in [0.25, 0.3) is 5.56 Å². The number of nitrogens with zero attached hydrogens (tertiary/aromatic N) is 2. The fourth-order valence-corrected chi connectivity index (χ4v) is 2.49. The van der Waals surface area contributed by atoms with Crippen molar-refractivity contribution in [1.82, 2.24) is 14.5 Å². The smallest absolute Gasteiger partial charge is 0.276 e. The fourth-order valence-electron chi connectivity index (χ4n) is 2.49. The molecule has 114 valence electrons. The van der Waals surface area contributed by atoms with E-state index in [2.05, 4.69) is 9.97 Å². The predicted octanol–water partition coefficient (Wildman–Crippen LogP) is -2.17. The number of pyridine rings is 1. The van der Waals surface area contributed by atoms with Crippen LogP contribution in [0.25, 0.3) is 11.0 Å². The highest BCUT2D eigenvalue weighted by atomic mass is 16.6. The molecule has 0 amide bonds. The number of aliphatic hydroxyl groups excluding tert-OH is 4. The van der Waals surface area contributed by atoms with E-state index >= 15 is 0 Å². The Kier molecular flexibility index (Phi) is 3.51. The van der Waals surface area contributed by atoms with Gasteiger partial charge in [0.15, 0.2) is 11.7 Å². The van der Waals surface area contributed by atoms with Gasteiger partial charge in [0.2, 0.25) is 0 Å². The second-order valence-corrected chi connectivity index (χ2v) is 4.90. The van der Waals surface area contributed by atoms with Crippen molar-refractivity contribution in [2.75, 3.05) is 6.61 Å². The van der Waals surface area contributed by atoms with Gasteiger partial charge in [0, 0.05) is 5.69 Å². The standard InChI is InChI=1S/C12H15N3O6/c16-2-5-1-6-8(11(20)14-5)13-4-15(6)12-10(19)9(18)7(3-17)21-12/h1,4,7,9-10,12,16-19H,2-3H2,(H,14,20)/t7-,9-,10-,12-/m1/s1. The third kappa shape index (κ3) is 2.15. The first-order valence-corrected chi connectivity index (χ1v) is 6.39. The molecule has 0 unspecified atom stereocenters. The van der Waals surface area contributed by atoms with Crippen molar-refractivity contribution in [3.05, 3.63) is 28.4 Å². The molecule has 0 aromatic carbocycles. The summed E-state index contributed by atoms with van der Waals surface area (Å²) in [4.78, 5) is 18.2. The second kappa shape index (κ2) is 5.20. The van der Waals surface area contributed by atoms with Gasteiger partial charge in [-0.25, -0.2) is 4.98 Å². The van der Waals surface area contributed by atoms with Crippen LogP contribution in [0.15, 0.2) is 17.2 Å². The molecule has 9 nitrogen and oxygen atoms in total. The monoisotopic (exact) mass is 297 g/mol. The van der Waals surface area contributed by atoms with E-state index in [0.717, 1.165) is 0 Å². The molecule has 1 aliphatic heterocycles. The van der Waals surface area contributed by atoms with Crippen LogP contribution in [0.3, 0.4) is 0 Å². The van der Waals surface area contributed by atoms with Crippen LogP contribution in [0, 0.1) is 0 Å². The number of aromatic nitrogens is 3. The minimum atomic E-state index is -1.27. The predicted molar refractivity (Wildman–Crippen MR) is 69.3 cm³/mol. The molecule has 0 bridgehead atoms. The van der Waals surface area contributed by atoms with Gasteiger partial charge in [-0.15, -0.1) is 0 Å². The maximum Gasteiger partial charge on any atom is 0.276 e. The molecule has 4 atom stereocenters. The molecule has 5 N–H and O–H groups in total. The van der Waals surface area contributed by atoms with E-state index in [-0.39, 0.29) is 12.1 Å². The molecule has 3 heterocycles. The Bertz CT molecular complexity index is 711.